The highest BCUT2D eigenvalue weighted by Crippen LogP contribution is 2.18. The zero-order valence-corrected chi connectivity index (χ0v) is 26.1. The van der Waals surface area contributed by atoms with Gasteiger partial charge in [0, 0.05) is 55.5 Å². The third-order valence-corrected chi connectivity index (χ3v) is 7.89. The first-order valence-electron chi connectivity index (χ1n) is 15.5. The number of hydrogen-bond donors (Lipinski definition) is 3. The third kappa shape index (κ3) is 8.95. The molecule has 0 saturated carbocycles. The smallest absolute Gasteiger partial charge is 0.253 e. The summed E-state index contributed by atoms with van der Waals surface area (Å²) in [6.07, 6.45) is 0.288. The molecule has 1 fully saturated rings. The number of carbonyl (C=O) groups is 3. The van der Waals surface area contributed by atoms with Crippen molar-refractivity contribution in [2.75, 3.05) is 32.7 Å². The first-order valence-corrected chi connectivity index (χ1v) is 15.5. The van der Waals surface area contributed by atoms with Gasteiger partial charge in [-0.3, -0.25) is 14.4 Å². The standard InChI is InChI=1S/C35H42F2N4O4/c1-4-12-40(13-5-2)35(45)27-16-23(3)15-26(20-27)33(43)39-30(19-24-17-28(36)21-29(37)18-24)32(42)31-22-41(14-11-38-31)34(44)25-9-7-6-8-10-25/h6-10,15-18,20-21,30-32,38,42H,4-5,11-14,19,22H2,1-3H3,(H,39,43)/t30?,31?,32-/m0/s1. The monoisotopic (exact) mass is 620 g/mol. The Balaban J connectivity index is 1.59. The van der Waals surface area contributed by atoms with Gasteiger partial charge in [0.05, 0.1) is 18.2 Å². The molecule has 3 amide bonds. The normalized spacial score (nSPS) is 16.1. The van der Waals surface area contributed by atoms with Gasteiger partial charge in [0.25, 0.3) is 17.7 Å². The molecule has 3 atom stereocenters. The van der Waals surface area contributed by atoms with Crippen molar-refractivity contribution in [1.82, 2.24) is 20.4 Å². The lowest BCUT2D eigenvalue weighted by Crippen LogP contribution is -2.62. The van der Waals surface area contributed by atoms with Crippen molar-refractivity contribution in [3.05, 3.63) is 106 Å². The first-order chi connectivity index (χ1) is 21.6. The lowest BCUT2D eigenvalue weighted by Gasteiger charge is -2.39. The van der Waals surface area contributed by atoms with Gasteiger partial charge in [-0.1, -0.05) is 32.0 Å². The van der Waals surface area contributed by atoms with Gasteiger partial charge in [0.15, 0.2) is 0 Å². The second-order valence-electron chi connectivity index (χ2n) is 11.6. The number of hydrogen-bond acceptors (Lipinski definition) is 5. The van der Waals surface area contributed by atoms with Gasteiger partial charge in [-0.25, -0.2) is 8.78 Å². The van der Waals surface area contributed by atoms with Crippen molar-refractivity contribution in [1.29, 1.82) is 0 Å². The van der Waals surface area contributed by atoms with Gasteiger partial charge in [-0.15, -0.1) is 0 Å². The highest BCUT2D eigenvalue weighted by Gasteiger charge is 2.34. The van der Waals surface area contributed by atoms with Gasteiger partial charge in [-0.05, 0) is 79.8 Å². The number of aryl methyl sites for hydroxylation is 1. The molecule has 1 aliphatic rings. The van der Waals surface area contributed by atoms with Crippen LogP contribution in [0.5, 0.6) is 0 Å². The van der Waals surface area contributed by atoms with E-state index >= 15 is 0 Å². The molecule has 3 aromatic rings. The number of rotatable bonds is 12. The van der Waals surface area contributed by atoms with Crippen LogP contribution in [0, 0.1) is 18.6 Å². The zero-order chi connectivity index (χ0) is 32.5. The van der Waals surface area contributed by atoms with E-state index in [0.29, 0.717) is 42.9 Å². The van der Waals surface area contributed by atoms with Crippen molar-refractivity contribution < 1.29 is 28.3 Å². The molecule has 45 heavy (non-hydrogen) atoms. The lowest BCUT2D eigenvalue weighted by atomic mass is 9.94. The van der Waals surface area contributed by atoms with E-state index in [0.717, 1.165) is 31.0 Å². The van der Waals surface area contributed by atoms with Crippen molar-refractivity contribution in [2.24, 2.45) is 0 Å². The quantitative estimate of drug-likeness (QED) is 0.280. The fourth-order valence-corrected chi connectivity index (χ4v) is 5.80. The van der Waals surface area contributed by atoms with Crippen molar-refractivity contribution in [3.8, 4) is 0 Å². The summed E-state index contributed by atoms with van der Waals surface area (Å²) in [6, 6.07) is 15.2. The Morgan fingerprint density at radius 3 is 2.24 bits per heavy atom. The van der Waals surface area contributed by atoms with Gasteiger partial charge in [0.1, 0.15) is 11.6 Å². The summed E-state index contributed by atoms with van der Waals surface area (Å²) in [5, 5.41) is 17.7. The maximum atomic E-state index is 14.1. The molecule has 0 radical (unpaired) electrons. The summed E-state index contributed by atoms with van der Waals surface area (Å²) < 4.78 is 28.2. The van der Waals surface area contributed by atoms with E-state index in [1.54, 1.807) is 53.1 Å². The summed E-state index contributed by atoms with van der Waals surface area (Å²) >= 11 is 0. The molecule has 0 aromatic heterocycles. The number of nitrogens with zero attached hydrogens (tertiary/aromatic N) is 2. The number of benzene rings is 3. The highest BCUT2D eigenvalue weighted by atomic mass is 19.1. The molecule has 1 saturated heterocycles. The minimum Gasteiger partial charge on any atom is -0.389 e. The Kier molecular flexibility index (Phi) is 11.8. The van der Waals surface area contributed by atoms with Crippen molar-refractivity contribution in [3.63, 3.8) is 0 Å². The van der Waals surface area contributed by atoms with E-state index in [-0.39, 0.29) is 35.9 Å². The minimum atomic E-state index is -1.23. The molecule has 0 spiro atoms. The van der Waals surface area contributed by atoms with Gasteiger partial charge >= 0.3 is 0 Å². The first kappa shape index (κ1) is 33.7. The molecule has 1 aliphatic heterocycles. The Morgan fingerprint density at radius 1 is 0.956 bits per heavy atom. The Morgan fingerprint density at radius 2 is 1.60 bits per heavy atom. The van der Waals surface area contributed by atoms with Crippen LogP contribution >= 0.6 is 0 Å². The molecular weight excluding hydrogens is 578 g/mol. The van der Waals surface area contributed by atoms with Crippen LogP contribution in [0.3, 0.4) is 0 Å². The van der Waals surface area contributed by atoms with Gasteiger partial charge in [0.2, 0.25) is 0 Å². The number of aliphatic hydroxyl groups is 1. The van der Waals surface area contributed by atoms with Crippen LogP contribution in [0.1, 0.15) is 68.9 Å². The summed E-state index contributed by atoms with van der Waals surface area (Å²) in [6.45, 7) is 7.98. The second kappa shape index (κ2) is 15.7. The van der Waals surface area contributed by atoms with Crippen LogP contribution in [0.2, 0.25) is 0 Å². The summed E-state index contributed by atoms with van der Waals surface area (Å²) in [4.78, 5) is 43.6. The molecule has 10 heteroatoms. The number of aliphatic hydroxyl groups excluding tert-OH is 1. The molecule has 3 aromatic carbocycles. The predicted molar refractivity (Wildman–Crippen MR) is 169 cm³/mol. The third-order valence-electron chi connectivity index (χ3n) is 7.89. The summed E-state index contributed by atoms with van der Waals surface area (Å²) in [5.41, 5.74) is 2.10. The van der Waals surface area contributed by atoms with Crippen LogP contribution in [0.4, 0.5) is 8.78 Å². The number of piperazine rings is 1. The number of nitrogens with one attached hydrogen (secondary N) is 2. The molecule has 4 rings (SSSR count). The van der Waals surface area contributed by atoms with E-state index in [9.17, 15) is 28.3 Å². The molecule has 2 unspecified atom stereocenters. The lowest BCUT2D eigenvalue weighted by molar-refractivity contribution is 0.0409. The van der Waals surface area contributed by atoms with Gasteiger partial charge < -0.3 is 25.5 Å². The fourth-order valence-electron chi connectivity index (χ4n) is 5.80. The second-order valence-corrected chi connectivity index (χ2v) is 11.6. The predicted octanol–water partition coefficient (Wildman–Crippen LogP) is 4.35. The van der Waals surface area contributed by atoms with Crippen LogP contribution in [-0.2, 0) is 6.42 Å². The minimum absolute atomic E-state index is 0.0786. The number of amides is 3. The highest BCUT2D eigenvalue weighted by molar-refractivity contribution is 6.00. The molecule has 240 valence electrons. The SMILES string of the molecule is CCCN(CCC)C(=O)c1cc(C)cc(C(=O)NC(Cc2cc(F)cc(F)c2)[C@H](O)C2CN(C(=O)c3ccccc3)CCN2)c1. The van der Waals surface area contributed by atoms with E-state index in [1.165, 1.54) is 6.07 Å². The largest absolute Gasteiger partial charge is 0.389 e. The van der Waals surface area contributed by atoms with Crippen LogP contribution < -0.4 is 10.6 Å². The maximum absolute atomic E-state index is 14.1. The molecule has 3 N–H and O–H groups in total. The molecule has 1 heterocycles. The zero-order valence-electron chi connectivity index (χ0n) is 26.1. The average Bonchev–Trinajstić information content (AvgIpc) is 3.03. The van der Waals surface area contributed by atoms with E-state index in [2.05, 4.69) is 10.6 Å². The molecule has 0 aliphatic carbocycles. The summed E-state index contributed by atoms with van der Waals surface area (Å²) in [5.74, 6) is -2.44. The Hall–Kier alpha value is -4.15. The maximum Gasteiger partial charge on any atom is 0.253 e. The Labute approximate surface area is 263 Å². The molecular formula is C35H42F2N4O4. The van der Waals surface area contributed by atoms with Crippen LogP contribution in [0.25, 0.3) is 0 Å². The average molecular weight is 621 g/mol. The molecule has 8 nitrogen and oxygen atoms in total. The topological polar surface area (TPSA) is 102 Å². The number of halogens is 2. The number of carbonyl (C=O) groups excluding carboxylic acids is 3. The van der Waals surface area contributed by atoms with Crippen LogP contribution in [-0.4, -0.2) is 83.5 Å². The Bertz CT molecular complexity index is 1460. The van der Waals surface area contributed by atoms with E-state index < -0.39 is 35.7 Å². The molecule has 0 bridgehead atoms. The fraction of sp³-hybridized carbons (Fsp3) is 0.400. The van der Waals surface area contributed by atoms with E-state index in [4.69, 9.17) is 0 Å². The van der Waals surface area contributed by atoms with Crippen molar-refractivity contribution in [2.45, 2.75) is 58.2 Å². The van der Waals surface area contributed by atoms with Crippen LogP contribution in [0.15, 0.2) is 66.7 Å². The van der Waals surface area contributed by atoms with E-state index in [1.807, 2.05) is 19.9 Å². The van der Waals surface area contributed by atoms with Gasteiger partial charge in [-0.2, -0.15) is 0 Å². The van der Waals surface area contributed by atoms with Crippen molar-refractivity contribution >= 4 is 17.7 Å². The summed E-state index contributed by atoms with van der Waals surface area (Å²) in [7, 11) is 0.